The Morgan fingerprint density at radius 3 is 2.85 bits per heavy atom. The number of alkyl halides is 2. The van der Waals surface area contributed by atoms with Gasteiger partial charge in [-0.3, -0.25) is 0 Å². The Hall–Kier alpha value is -0.870. The smallest absolute Gasteiger partial charge is 0.318 e. The lowest BCUT2D eigenvalue weighted by Crippen LogP contribution is -2.49. The monoisotopic (exact) mass is 190 g/mol. The van der Waals surface area contributed by atoms with Gasteiger partial charge in [0.2, 0.25) is 0 Å². The first-order valence-corrected chi connectivity index (χ1v) is 4.43. The van der Waals surface area contributed by atoms with Crippen LogP contribution in [0.25, 0.3) is 0 Å². The molecule has 0 saturated carbocycles. The number of halogens is 2. The minimum atomic E-state index is -2.79. The molecule has 0 aromatic heterocycles. The van der Waals surface area contributed by atoms with Gasteiger partial charge in [-0.2, -0.15) is 0 Å². The van der Waals surface area contributed by atoms with Crippen LogP contribution in [0.1, 0.15) is 19.8 Å². The maximum Gasteiger partial charge on any atom is 0.318 e. The molecule has 13 heavy (non-hydrogen) atoms. The molecule has 3 nitrogen and oxygen atoms in total. The van der Waals surface area contributed by atoms with Crippen LogP contribution in [0.5, 0.6) is 0 Å². The average Bonchev–Trinajstić information content (AvgIpc) is 2.26. The summed E-state index contributed by atoms with van der Waals surface area (Å²) in [6.45, 7) is 1.32. The van der Waals surface area contributed by atoms with Gasteiger partial charge in [-0.25, -0.2) is 13.6 Å². The Morgan fingerprint density at radius 2 is 2.23 bits per heavy atom. The summed E-state index contributed by atoms with van der Waals surface area (Å²) in [6, 6.07) is -1.16. The lowest BCUT2D eigenvalue weighted by Gasteiger charge is -2.34. The topological polar surface area (TPSA) is 32.3 Å². The number of amides is 2. The number of carbonyl (C=O) groups excluding carboxylic acids is 1. The van der Waals surface area contributed by atoms with Crippen LogP contribution in [0.3, 0.4) is 0 Å². The molecule has 2 heterocycles. The molecule has 0 aromatic carbocycles. The molecule has 2 aliphatic heterocycles. The van der Waals surface area contributed by atoms with Crippen molar-refractivity contribution in [2.75, 3.05) is 6.54 Å². The van der Waals surface area contributed by atoms with Crippen LogP contribution in [0.15, 0.2) is 0 Å². The van der Waals surface area contributed by atoms with E-state index in [1.165, 1.54) is 4.90 Å². The van der Waals surface area contributed by atoms with Gasteiger partial charge in [0, 0.05) is 19.5 Å². The Labute approximate surface area is 75.1 Å². The van der Waals surface area contributed by atoms with Crippen molar-refractivity contribution in [2.45, 2.75) is 37.8 Å². The lowest BCUT2D eigenvalue weighted by molar-refractivity contribution is -0.0596. The zero-order valence-electron chi connectivity index (χ0n) is 7.39. The van der Waals surface area contributed by atoms with Crippen molar-refractivity contribution in [3.8, 4) is 0 Å². The molecular weight excluding hydrogens is 178 g/mol. The number of urea groups is 1. The van der Waals surface area contributed by atoms with Crippen LogP contribution in [0.2, 0.25) is 0 Å². The third-order valence-corrected chi connectivity index (χ3v) is 2.76. The van der Waals surface area contributed by atoms with Crippen molar-refractivity contribution in [1.82, 2.24) is 10.2 Å². The molecule has 2 amide bonds. The fraction of sp³-hybridized carbons (Fsp3) is 0.875. The first-order valence-electron chi connectivity index (χ1n) is 4.43. The van der Waals surface area contributed by atoms with Gasteiger partial charge < -0.3 is 10.2 Å². The third kappa shape index (κ3) is 1.36. The third-order valence-electron chi connectivity index (χ3n) is 2.76. The van der Waals surface area contributed by atoms with E-state index in [2.05, 4.69) is 5.32 Å². The van der Waals surface area contributed by atoms with Crippen molar-refractivity contribution in [1.29, 1.82) is 0 Å². The maximum atomic E-state index is 13.0. The van der Waals surface area contributed by atoms with Gasteiger partial charge >= 0.3 is 6.03 Å². The van der Waals surface area contributed by atoms with Crippen LogP contribution in [0, 0.1) is 0 Å². The predicted molar refractivity (Wildman–Crippen MR) is 42.7 cm³/mol. The molecule has 1 N–H and O–H groups in total. The van der Waals surface area contributed by atoms with Crippen molar-refractivity contribution in [3.05, 3.63) is 0 Å². The van der Waals surface area contributed by atoms with Crippen LogP contribution < -0.4 is 5.32 Å². The molecule has 5 heteroatoms. The summed E-state index contributed by atoms with van der Waals surface area (Å²) >= 11 is 0. The molecule has 2 bridgehead atoms. The minimum Gasteiger partial charge on any atom is -0.333 e. The largest absolute Gasteiger partial charge is 0.333 e. The second-order valence-electron chi connectivity index (χ2n) is 3.85. The summed E-state index contributed by atoms with van der Waals surface area (Å²) < 4.78 is 26.0. The lowest BCUT2D eigenvalue weighted by atomic mass is 9.97. The van der Waals surface area contributed by atoms with Crippen LogP contribution in [-0.4, -0.2) is 35.5 Å². The zero-order valence-corrected chi connectivity index (χ0v) is 7.39. The van der Waals surface area contributed by atoms with Gasteiger partial charge in [0.1, 0.15) is 0 Å². The highest BCUT2D eigenvalue weighted by Crippen LogP contribution is 2.32. The van der Waals surface area contributed by atoms with E-state index >= 15 is 0 Å². The van der Waals surface area contributed by atoms with E-state index in [-0.39, 0.29) is 12.1 Å². The number of nitrogens with one attached hydrogen (secondary N) is 1. The first-order chi connectivity index (χ1) is 5.98. The second kappa shape index (κ2) is 2.56. The normalized spacial score (nSPS) is 33.5. The molecule has 2 fully saturated rings. The molecule has 2 saturated heterocycles. The number of hydrogen-bond donors (Lipinski definition) is 1. The van der Waals surface area contributed by atoms with E-state index in [0.717, 1.165) is 6.92 Å². The Balaban J connectivity index is 2.18. The highest BCUT2D eigenvalue weighted by molar-refractivity contribution is 5.77. The first kappa shape index (κ1) is 8.72. The van der Waals surface area contributed by atoms with Crippen LogP contribution in [0.4, 0.5) is 13.6 Å². The quantitative estimate of drug-likeness (QED) is 0.662. The summed E-state index contributed by atoms with van der Waals surface area (Å²) in [7, 11) is 0. The predicted octanol–water partition coefficient (Wildman–Crippen LogP) is 1.20. The maximum absolute atomic E-state index is 13.0. The summed E-state index contributed by atoms with van der Waals surface area (Å²) in [6.07, 6.45) is 1.06. The fourth-order valence-electron chi connectivity index (χ4n) is 2.10. The van der Waals surface area contributed by atoms with Gasteiger partial charge in [0.05, 0.1) is 6.04 Å². The Bertz CT molecular complexity index is 239. The molecule has 0 aromatic rings. The molecule has 0 spiro atoms. The van der Waals surface area contributed by atoms with Crippen molar-refractivity contribution >= 4 is 6.03 Å². The van der Waals surface area contributed by atoms with E-state index in [4.69, 9.17) is 0 Å². The van der Waals surface area contributed by atoms with Gasteiger partial charge in [-0.15, -0.1) is 0 Å². The van der Waals surface area contributed by atoms with E-state index in [0.29, 0.717) is 19.4 Å². The summed E-state index contributed by atoms with van der Waals surface area (Å²) in [5, 5.41) is 2.67. The highest BCUT2D eigenvalue weighted by Gasteiger charge is 2.47. The molecular formula is C8H12F2N2O. The van der Waals surface area contributed by atoms with E-state index in [1.807, 2.05) is 0 Å². The second-order valence-corrected chi connectivity index (χ2v) is 3.85. The molecule has 74 valence electrons. The van der Waals surface area contributed by atoms with Crippen LogP contribution >= 0.6 is 0 Å². The van der Waals surface area contributed by atoms with E-state index in [9.17, 15) is 13.6 Å². The molecule has 2 unspecified atom stereocenters. The van der Waals surface area contributed by atoms with Crippen molar-refractivity contribution < 1.29 is 13.6 Å². The Morgan fingerprint density at radius 1 is 1.54 bits per heavy atom. The van der Waals surface area contributed by atoms with Gasteiger partial charge in [-0.1, -0.05) is 0 Å². The molecule has 2 atom stereocenters. The molecule has 0 radical (unpaired) electrons. The van der Waals surface area contributed by atoms with Crippen LogP contribution in [-0.2, 0) is 0 Å². The number of piperidine rings is 1. The Kier molecular flexibility index (Phi) is 1.72. The molecule has 0 aliphatic carbocycles. The average molecular weight is 190 g/mol. The molecule has 2 rings (SSSR count). The minimum absolute atomic E-state index is 0.0890. The number of nitrogens with zero attached hydrogens (tertiary/aromatic N) is 1. The molecule has 2 aliphatic rings. The summed E-state index contributed by atoms with van der Waals surface area (Å²) in [4.78, 5) is 12.5. The number of rotatable bonds is 1. The zero-order chi connectivity index (χ0) is 9.64. The highest BCUT2D eigenvalue weighted by atomic mass is 19.3. The van der Waals surface area contributed by atoms with Gasteiger partial charge in [0.25, 0.3) is 5.92 Å². The number of fused-ring (bicyclic) bond motifs is 2. The standard InChI is InChI=1S/C8H12F2N2O/c1-8(9,10)6-3-2-5-4-12(6)7(13)11-5/h5-6H,2-4H2,1H3,(H,11,13). The SMILES string of the molecule is CC(F)(F)C1CCC2CN1C(=O)N2. The van der Waals surface area contributed by atoms with E-state index < -0.39 is 12.0 Å². The number of carbonyl (C=O) groups is 1. The summed E-state index contributed by atoms with van der Waals surface area (Å²) in [5.74, 6) is -2.79. The summed E-state index contributed by atoms with van der Waals surface area (Å²) in [5.41, 5.74) is 0. The van der Waals surface area contributed by atoms with Gasteiger partial charge in [0.15, 0.2) is 0 Å². The van der Waals surface area contributed by atoms with Crippen molar-refractivity contribution in [3.63, 3.8) is 0 Å². The fourth-order valence-corrected chi connectivity index (χ4v) is 2.10. The number of hydrogen-bond acceptors (Lipinski definition) is 1. The van der Waals surface area contributed by atoms with Crippen molar-refractivity contribution in [2.24, 2.45) is 0 Å². The van der Waals surface area contributed by atoms with E-state index in [1.54, 1.807) is 0 Å². The van der Waals surface area contributed by atoms with Gasteiger partial charge in [-0.05, 0) is 12.8 Å².